The van der Waals surface area contributed by atoms with Gasteiger partial charge in [-0.25, -0.2) is 19.6 Å². The van der Waals surface area contributed by atoms with E-state index in [2.05, 4.69) is 35.8 Å². The molecule has 33 heavy (non-hydrogen) atoms. The van der Waals surface area contributed by atoms with Gasteiger partial charge < -0.3 is 9.30 Å². The summed E-state index contributed by atoms with van der Waals surface area (Å²) >= 11 is 6.35. The lowest BCUT2D eigenvalue weighted by Gasteiger charge is -2.16. The maximum Gasteiger partial charge on any atom is 0.229 e. The first-order chi connectivity index (χ1) is 16.1. The molecule has 0 saturated carbocycles. The van der Waals surface area contributed by atoms with Gasteiger partial charge in [-0.1, -0.05) is 29.8 Å². The average Bonchev–Trinajstić information content (AvgIpc) is 3.44. The maximum absolute atomic E-state index is 6.35. The molecule has 3 heterocycles. The van der Waals surface area contributed by atoms with E-state index in [1.54, 1.807) is 29.5 Å². The summed E-state index contributed by atoms with van der Waals surface area (Å²) in [5, 5.41) is 14.8. The molecule has 1 N–H and O–H groups in total. The first-order valence-corrected chi connectivity index (χ1v) is 10.6. The van der Waals surface area contributed by atoms with Crippen LogP contribution in [0.25, 0.3) is 22.2 Å². The molecular formula is C22H20ClN9O. The molecule has 0 unspecified atom stereocenters. The highest BCUT2D eigenvalue weighted by molar-refractivity contribution is 6.32. The van der Waals surface area contributed by atoms with Gasteiger partial charge in [0.15, 0.2) is 0 Å². The predicted octanol–water partition coefficient (Wildman–Crippen LogP) is 3.88. The van der Waals surface area contributed by atoms with E-state index in [9.17, 15) is 0 Å². The zero-order chi connectivity index (χ0) is 22.8. The Morgan fingerprint density at radius 1 is 1.09 bits per heavy atom. The van der Waals surface area contributed by atoms with Gasteiger partial charge in [-0.05, 0) is 47.2 Å². The Morgan fingerprint density at radius 2 is 1.91 bits per heavy atom. The van der Waals surface area contributed by atoms with Gasteiger partial charge in [-0.3, -0.25) is 5.32 Å². The molecule has 10 nitrogen and oxygen atoms in total. The fraction of sp³-hybridized carbons (Fsp3) is 0.182. The lowest BCUT2D eigenvalue weighted by molar-refractivity contribution is 0.193. The number of ether oxygens (including phenoxy) is 1. The lowest BCUT2D eigenvalue weighted by Crippen LogP contribution is -2.20. The number of aromatic nitrogens is 8. The Hall–Kier alpha value is -4.05. The largest absolute Gasteiger partial charge is 0.487 e. The van der Waals surface area contributed by atoms with Crippen molar-refractivity contribution in [2.24, 2.45) is 7.05 Å². The van der Waals surface area contributed by atoms with Crippen molar-refractivity contribution in [3.05, 3.63) is 66.2 Å². The van der Waals surface area contributed by atoms with Crippen molar-refractivity contribution in [3.8, 4) is 16.9 Å². The van der Waals surface area contributed by atoms with Crippen LogP contribution in [0.15, 0.2) is 61.2 Å². The molecule has 0 spiro atoms. The summed E-state index contributed by atoms with van der Waals surface area (Å²) in [6.07, 6.45) is 4.85. The SMILES string of the molecule is C[C@@H](Cn1cnnn1)Oc1cc(-c2cnc(Nc3nc4ccccc4n3C)nc2)ccc1Cl. The Kier molecular flexibility index (Phi) is 5.57. The van der Waals surface area contributed by atoms with Gasteiger partial charge in [0.2, 0.25) is 11.9 Å². The minimum Gasteiger partial charge on any atom is -0.487 e. The summed E-state index contributed by atoms with van der Waals surface area (Å²) in [4.78, 5) is 13.5. The van der Waals surface area contributed by atoms with Crippen LogP contribution in [0, 0.1) is 0 Å². The number of aryl methyl sites for hydroxylation is 1. The van der Waals surface area contributed by atoms with Crippen LogP contribution in [-0.4, -0.2) is 45.8 Å². The molecule has 0 aliphatic heterocycles. The number of rotatable bonds is 7. The van der Waals surface area contributed by atoms with E-state index in [0.717, 1.165) is 22.2 Å². The number of nitrogens with zero attached hydrogens (tertiary/aromatic N) is 8. The molecule has 166 valence electrons. The second-order valence-electron chi connectivity index (χ2n) is 7.51. The Labute approximate surface area is 194 Å². The van der Waals surface area contributed by atoms with Gasteiger partial charge >= 0.3 is 0 Å². The molecular weight excluding hydrogens is 442 g/mol. The van der Waals surface area contributed by atoms with Crippen molar-refractivity contribution in [2.45, 2.75) is 19.6 Å². The van der Waals surface area contributed by atoms with Gasteiger partial charge in [0.1, 0.15) is 18.2 Å². The number of anilines is 2. The quantitative estimate of drug-likeness (QED) is 0.389. The van der Waals surface area contributed by atoms with Gasteiger partial charge in [0.25, 0.3) is 0 Å². The molecule has 0 bridgehead atoms. The lowest BCUT2D eigenvalue weighted by atomic mass is 10.1. The van der Waals surface area contributed by atoms with Gasteiger partial charge in [0, 0.05) is 25.0 Å². The molecule has 0 saturated heterocycles. The summed E-state index contributed by atoms with van der Waals surface area (Å²) in [6.45, 7) is 2.43. The molecule has 0 amide bonds. The summed E-state index contributed by atoms with van der Waals surface area (Å²) in [5.41, 5.74) is 3.65. The van der Waals surface area contributed by atoms with Crippen molar-refractivity contribution in [3.63, 3.8) is 0 Å². The van der Waals surface area contributed by atoms with E-state index < -0.39 is 0 Å². The minimum atomic E-state index is -0.183. The number of halogens is 1. The number of nitrogens with one attached hydrogen (secondary N) is 1. The fourth-order valence-electron chi connectivity index (χ4n) is 3.45. The highest BCUT2D eigenvalue weighted by Crippen LogP contribution is 2.31. The zero-order valence-corrected chi connectivity index (χ0v) is 18.7. The molecule has 5 rings (SSSR count). The molecule has 0 aliphatic carbocycles. The molecule has 11 heteroatoms. The highest BCUT2D eigenvalue weighted by Gasteiger charge is 2.12. The number of hydrogen-bond acceptors (Lipinski definition) is 8. The second kappa shape index (κ2) is 8.83. The molecule has 3 aromatic heterocycles. The van der Waals surface area contributed by atoms with Crippen LogP contribution in [-0.2, 0) is 13.6 Å². The third-order valence-electron chi connectivity index (χ3n) is 5.09. The third-order valence-corrected chi connectivity index (χ3v) is 5.40. The Morgan fingerprint density at radius 3 is 2.67 bits per heavy atom. The first-order valence-electron chi connectivity index (χ1n) is 10.2. The fourth-order valence-corrected chi connectivity index (χ4v) is 3.62. The molecule has 0 aliphatic rings. The monoisotopic (exact) mass is 461 g/mol. The van der Waals surface area contributed by atoms with Crippen LogP contribution in [0.1, 0.15) is 6.92 Å². The van der Waals surface area contributed by atoms with Crippen LogP contribution >= 0.6 is 11.6 Å². The number of imidazole rings is 1. The van der Waals surface area contributed by atoms with Gasteiger partial charge in [-0.15, -0.1) is 5.10 Å². The van der Waals surface area contributed by atoms with Crippen LogP contribution in [0.2, 0.25) is 5.02 Å². The van der Waals surface area contributed by atoms with Gasteiger partial charge in [-0.2, -0.15) is 0 Å². The zero-order valence-electron chi connectivity index (χ0n) is 17.9. The van der Waals surface area contributed by atoms with E-state index in [4.69, 9.17) is 16.3 Å². The summed E-state index contributed by atoms with van der Waals surface area (Å²) in [5.74, 6) is 1.69. The first kappa shape index (κ1) is 20.8. The smallest absolute Gasteiger partial charge is 0.229 e. The van der Waals surface area contributed by atoms with E-state index in [1.807, 2.05) is 54.9 Å². The topological polar surface area (TPSA) is 108 Å². The van der Waals surface area contributed by atoms with Crippen LogP contribution in [0.3, 0.4) is 0 Å². The number of para-hydroxylation sites is 2. The van der Waals surface area contributed by atoms with E-state index in [1.165, 1.54) is 0 Å². The maximum atomic E-state index is 6.35. The second-order valence-corrected chi connectivity index (χ2v) is 7.92. The minimum absolute atomic E-state index is 0.183. The Bertz CT molecular complexity index is 1380. The standard InChI is InChI=1S/C22H20ClN9O/c1-14(12-32-13-26-29-30-32)33-20-9-15(7-8-17(20)23)16-10-24-21(25-11-16)28-22-27-18-5-3-4-6-19(18)31(22)2/h3-11,13-14H,12H2,1-2H3,(H,24,25,27,28)/t14-/m0/s1. The number of tetrazole rings is 1. The highest BCUT2D eigenvalue weighted by atomic mass is 35.5. The summed E-state index contributed by atoms with van der Waals surface area (Å²) in [6, 6.07) is 13.5. The number of fused-ring (bicyclic) bond motifs is 1. The number of hydrogen-bond donors (Lipinski definition) is 1. The van der Waals surface area contributed by atoms with E-state index in [-0.39, 0.29) is 6.10 Å². The molecule has 0 radical (unpaired) electrons. The van der Waals surface area contributed by atoms with E-state index >= 15 is 0 Å². The van der Waals surface area contributed by atoms with Crippen molar-refractivity contribution >= 4 is 34.5 Å². The van der Waals surface area contributed by atoms with E-state index in [0.29, 0.717) is 29.2 Å². The Balaban J connectivity index is 1.32. The van der Waals surface area contributed by atoms with Crippen LogP contribution < -0.4 is 10.1 Å². The normalized spacial score (nSPS) is 12.1. The molecule has 5 aromatic rings. The molecule has 0 fully saturated rings. The molecule has 2 aromatic carbocycles. The van der Waals surface area contributed by atoms with Crippen molar-refractivity contribution in [1.29, 1.82) is 0 Å². The summed E-state index contributed by atoms with van der Waals surface area (Å²) < 4.78 is 9.58. The van der Waals surface area contributed by atoms with Crippen LogP contribution in [0.5, 0.6) is 5.75 Å². The van der Waals surface area contributed by atoms with Gasteiger partial charge in [0.05, 0.1) is 22.6 Å². The predicted molar refractivity (Wildman–Crippen MR) is 124 cm³/mol. The van der Waals surface area contributed by atoms with Crippen LogP contribution in [0.4, 0.5) is 11.9 Å². The molecule has 1 atom stereocenters. The summed E-state index contributed by atoms with van der Waals surface area (Å²) in [7, 11) is 1.95. The number of benzene rings is 2. The van der Waals surface area contributed by atoms with Crippen molar-refractivity contribution < 1.29 is 4.74 Å². The van der Waals surface area contributed by atoms with Crippen molar-refractivity contribution in [1.82, 2.24) is 39.7 Å². The third kappa shape index (κ3) is 4.46. The average molecular weight is 462 g/mol. The van der Waals surface area contributed by atoms with Crippen molar-refractivity contribution in [2.75, 3.05) is 5.32 Å².